The van der Waals surface area contributed by atoms with Crippen molar-refractivity contribution in [2.75, 3.05) is 37.6 Å². The number of benzene rings is 3. The highest BCUT2D eigenvalue weighted by molar-refractivity contribution is 6.30. The highest BCUT2D eigenvalue weighted by Crippen LogP contribution is 2.37. The van der Waals surface area contributed by atoms with Gasteiger partial charge >= 0.3 is 12.3 Å². The Morgan fingerprint density at radius 1 is 1.00 bits per heavy atom. The summed E-state index contributed by atoms with van der Waals surface area (Å²) in [7, 11) is 2.82. The van der Waals surface area contributed by atoms with E-state index in [1.54, 1.807) is 49.4 Å². The van der Waals surface area contributed by atoms with Crippen LogP contribution in [0.3, 0.4) is 0 Å². The molecule has 2 unspecified atom stereocenters. The van der Waals surface area contributed by atoms with Gasteiger partial charge < -0.3 is 29.2 Å². The van der Waals surface area contributed by atoms with Gasteiger partial charge in [-0.3, -0.25) is 9.59 Å². The third-order valence-corrected chi connectivity index (χ3v) is 7.00. The molecule has 0 aromatic heterocycles. The number of amides is 1. The summed E-state index contributed by atoms with van der Waals surface area (Å²) in [5.41, 5.74) is 2.15. The maximum atomic E-state index is 14.0. The lowest BCUT2D eigenvalue weighted by Gasteiger charge is -2.27. The van der Waals surface area contributed by atoms with Crippen LogP contribution >= 0.6 is 11.6 Å². The molecular weight excluding hydrogens is 577 g/mol. The summed E-state index contributed by atoms with van der Waals surface area (Å²) >= 11 is 6.10. The van der Waals surface area contributed by atoms with Gasteiger partial charge in [-0.1, -0.05) is 36.7 Å². The molecule has 42 heavy (non-hydrogen) atoms. The Morgan fingerprint density at radius 3 is 2.38 bits per heavy atom. The van der Waals surface area contributed by atoms with Crippen molar-refractivity contribution < 1.29 is 41.7 Å². The lowest BCUT2D eigenvalue weighted by Crippen LogP contribution is -2.37. The van der Waals surface area contributed by atoms with Gasteiger partial charge in [-0.15, -0.1) is 13.2 Å². The van der Waals surface area contributed by atoms with Gasteiger partial charge in [0.05, 0.1) is 32.4 Å². The van der Waals surface area contributed by atoms with Crippen LogP contribution in [0.25, 0.3) is 0 Å². The molecule has 12 heteroatoms. The predicted octanol–water partition coefficient (Wildman–Crippen LogP) is 6.57. The van der Waals surface area contributed by atoms with E-state index >= 15 is 0 Å². The van der Waals surface area contributed by atoms with Crippen LogP contribution in [0.5, 0.6) is 17.2 Å². The number of hydrogen-bond donors (Lipinski definition) is 1. The molecule has 0 radical (unpaired) electrons. The maximum Gasteiger partial charge on any atom is 0.573 e. The number of fused-ring (bicyclic) bond motifs is 1. The van der Waals surface area contributed by atoms with Gasteiger partial charge in [0.15, 0.2) is 0 Å². The second-order valence-electron chi connectivity index (χ2n) is 9.67. The molecule has 1 N–H and O–H groups in total. The Morgan fingerprint density at radius 2 is 1.71 bits per heavy atom. The van der Waals surface area contributed by atoms with Gasteiger partial charge in [-0.25, -0.2) is 0 Å². The monoisotopic (exact) mass is 606 g/mol. The minimum absolute atomic E-state index is 0.231. The maximum absolute atomic E-state index is 14.0. The molecule has 4 rings (SSSR count). The molecule has 3 aromatic rings. The average molecular weight is 607 g/mol. The summed E-state index contributed by atoms with van der Waals surface area (Å²) in [6, 6.07) is 14.8. The van der Waals surface area contributed by atoms with E-state index in [0.29, 0.717) is 46.3 Å². The Kier molecular flexibility index (Phi) is 9.72. The highest BCUT2D eigenvalue weighted by atomic mass is 35.5. The molecule has 3 aromatic carbocycles. The molecule has 0 saturated carbocycles. The Hall–Kier alpha value is -4.12. The first-order valence-electron chi connectivity index (χ1n) is 13.1. The van der Waals surface area contributed by atoms with Gasteiger partial charge in [0.25, 0.3) is 5.91 Å². The van der Waals surface area contributed by atoms with E-state index < -0.39 is 24.1 Å². The van der Waals surface area contributed by atoms with Crippen molar-refractivity contribution in [3.63, 3.8) is 0 Å². The lowest BCUT2D eigenvalue weighted by molar-refractivity contribution is -0.274. The quantitative estimate of drug-likeness (QED) is 0.247. The number of hydrogen-bond acceptors (Lipinski definition) is 7. The molecule has 0 saturated heterocycles. The van der Waals surface area contributed by atoms with Crippen LogP contribution in [0, 0.1) is 5.92 Å². The molecule has 0 bridgehead atoms. The normalized spacial score (nSPS) is 14.0. The van der Waals surface area contributed by atoms with E-state index in [9.17, 15) is 22.8 Å². The smallest absolute Gasteiger partial charge is 0.497 e. The van der Waals surface area contributed by atoms with Gasteiger partial charge in [-0.05, 0) is 42.2 Å². The molecule has 1 amide bonds. The number of esters is 1. The van der Waals surface area contributed by atoms with Crippen LogP contribution in [0.4, 0.5) is 24.5 Å². The molecule has 8 nitrogen and oxygen atoms in total. The zero-order chi connectivity index (χ0) is 30.4. The van der Waals surface area contributed by atoms with E-state index in [1.165, 1.54) is 37.3 Å². The number of ether oxygens (including phenoxy) is 4. The van der Waals surface area contributed by atoms with E-state index in [2.05, 4.69) is 10.1 Å². The van der Waals surface area contributed by atoms with Crippen LogP contribution in [0.2, 0.25) is 5.02 Å². The van der Waals surface area contributed by atoms with Crippen molar-refractivity contribution in [1.82, 2.24) is 0 Å². The fourth-order valence-electron chi connectivity index (χ4n) is 4.58. The minimum atomic E-state index is -4.86. The van der Waals surface area contributed by atoms with Gasteiger partial charge in [0, 0.05) is 41.5 Å². The second kappa shape index (κ2) is 13.2. The number of carbonyl (C=O) groups excluding carboxylic acids is 2. The second-order valence-corrected chi connectivity index (χ2v) is 10.1. The van der Waals surface area contributed by atoms with Gasteiger partial charge in [0.1, 0.15) is 23.3 Å². The van der Waals surface area contributed by atoms with Crippen LogP contribution in [-0.4, -0.2) is 45.6 Å². The van der Waals surface area contributed by atoms with E-state index in [0.717, 1.165) is 5.56 Å². The number of halogens is 4. The molecule has 1 aliphatic heterocycles. The molecule has 2 atom stereocenters. The molecular formula is C30H30ClF3N2O6. The fourth-order valence-corrected chi connectivity index (χ4v) is 4.71. The van der Waals surface area contributed by atoms with Crippen molar-refractivity contribution in [2.45, 2.75) is 32.2 Å². The topological polar surface area (TPSA) is 86.3 Å². The number of carbonyl (C=O) groups is 2. The van der Waals surface area contributed by atoms with Crippen molar-refractivity contribution in [1.29, 1.82) is 0 Å². The first kappa shape index (κ1) is 30.8. The summed E-state index contributed by atoms with van der Waals surface area (Å²) < 4.78 is 58.8. The third kappa shape index (κ3) is 7.79. The summed E-state index contributed by atoms with van der Waals surface area (Å²) in [6.45, 7) is 2.25. The van der Waals surface area contributed by atoms with Crippen LogP contribution in [-0.2, 0) is 20.7 Å². The zero-order valence-corrected chi connectivity index (χ0v) is 23.9. The Labute approximate surface area is 246 Å². The van der Waals surface area contributed by atoms with Crippen molar-refractivity contribution in [3.8, 4) is 17.2 Å². The molecule has 1 heterocycles. The van der Waals surface area contributed by atoms with Crippen molar-refractivity contribution in [2.24, 2.45) is 5.92 Å². The fraction of sp³-hybridized carbons (Fsp3) is 0.333. The van der Waals surface area contributed by atoms with Gasteiger partial charge in [-0.2, -0.15) is 0 Å². The number of alkyl halides is 3. The summed E-state index contributed by atoms with van der Waals surface area (Å²) in [5, 5.41) is 3.71. The summed E-state index contributed by atoms with van der Waals surface area (Å²) in [5.74, 6) is -0.590. The molecule has 0 aliphatic carbocycles. The minimum Gasteiger partial charge on any atom is -0.497 e. The van der Waals surface area contributed by atoms with Crippen LogP contribution < -0.4 is 24.4 Å². The molecule has 0 fully saturated rings. The number of rotatable bonds is 11. The largest absolute Gasteiger partial charge is 0.573 e. The number of nitrogens with zero attached hydrogens (tertiary/aromatic N) is 1. The van der Waals surface area contributed by atoms with Crippen LogP contribution in [0.15, 0.2) is 60.7 Å². The highest BCUT2D eigenvalue weighted by Gasteiger charge is 2.34. The Balaban J connectivity index is 1.61. The number of anilines is 2. The number of methoxy groups -OCH3 is 2. The third-order valence-electron chi connectivity index (χ3n) is 6.75. The molecule has 224 valence electrons. The van der Waals surface area contributed by atoms with Crippen molar-refractivity contribution >= 4 is 34.9 Å². The van der Waals surface area contributed by atoms with Crippen LogP contribution in [0.1, 0.15) is 30.5 Å². The van der Waals surface area contributed by atoms with Gasteiger partial charge in [0.2, 0.25) is 0 Å². The zero-order valence-electron chi connectivity index (χ0n) is 23.2. The summed E-state index contributed by atoms with van der Waals surface area (Å²) in [4.78, 5) is 27.2. The first-order chi connectivity index (χ1) is 20.0. The summed E-state index contributed by atoms with van der Waals surface area (Å²) in [6.07, 6.45) is -3.96. The first-order valence-corrected chi connectivity index (χ1v) is 13.5. The number of nitrogens with one attached hydrogen (secondary N) is 1. The molecule has 1 aliphatic rings. The Bertz CT molecular complexity index is 1420. The lowest BCUT2D eigenvalue weighted by atomic mass is 10.0. The van der Waals surface area contributed by atoms with E-state index in [4.69, 9.17) is 25.8 Å². The van der Waals surface area contributed by atoms with Crippen molar-refractivity contribution in [3.05, 3.63) is 76.8 Å². The van der Waals surface area contributed by atoms with E-state index in [1.807, 2.05) is 0 Å². The van der Waals surface area contributed by atoms with E-state index in [-0.39, 0.29) is 25.0 Å². The molecule has 0 spiro atoms. The predicted molar refractivity (Wildman–Crippen MR) is 151 cm³/mol. The SMILES string of the molecule is COC(=O)C(C)CCOc1cc(NC(C(=O)N2CCc3ccc(OC(F)(F)F)cc32)c2ccc(Cl)cc2)cc(OC)c1. The average Bonchev–Trinajstić information content (AvgIpc) is 3.38. The standard InChI is InChI=1S/C30H30ClF3N2O6/c1-18(29(38)40-3)11-13-41-25-15-22(14-24(16-25)39-2)35-27(20-4-7-21(31)8-5-20)28(37)36-12-10-19-6-9-23(17-26(19)36)42-30(32,33)34/h4-9,14-18,27,35H,10-13H2,1-3H3.